The molecule has 0 spiro atoms. The molecule has 0 nitrogen and oxygen atoms in total. The number of benzene rings is 2. The molecule has 0 aliphatic rings. The van der Waals surface area contributed by atoms with Gasteiger partial charge >= 0.3 is 37.9 Å². The number of fused-ring (bicyclic) bond motifs is 2. The molecule has 4 aromatic rings. The second kappa shape index (κ2) is 18.6. The topological polar surface area (TPSA) is 0 Å². The minimum atomic E-state index is -0.826. The zero-order valence-electron chi connectivity index (χ0n) is 23.6. The zero-order chi connectivity index (χ0) is 27.1. The van der Waals surface area contributed by atoms with Crippen molar-refractivity contribution in [1.29, 1.82) is 0 Å². The van der Waals surface area contributed by atoms with Crippen LogP contribution in [0.1, 0.15) is 72.9 Å². The van der Waals surface area contributed by atoms with Crippen LogP contribution in [0.25, 0.3) is 21.5 Å². The third kappa shape index (κ3) is 10.6. The van der Waals surface area contributed by atoms with Gasteiger partial charge in [0.15, 0.2) is 0 Å². The van der Waals surface area contributed by atoms with E-state index >= 15 is 0 Å². The van der Waals surface area contributed by atoms with E-state index < -0.39 is 20.8 Å². The first-order chi connectivity index (χ1) is 17.3. The van der Waals surface area contributed by atoms with Crippen LogP contribution < -0.4 is 0 Å². The second-order valence-electron chi connectivity index (χ2n) is 9.56. The van der Waals surface area contributed by atoms with E-state index in [1.54, 1.807) is 0 Å². The molecule has 0 N–H and O–H groups in total. The first kappa shape index (κ1) is 33.4. The van der Waals surface area contributed by atoms with Gasteiger partial charge < -0.3 is 0 Å². The third-order valence-corrected chi connectivity index (χ3v) is 6.40. The van der Waals surface area contributed by atoms with Crippen molar-refractivity contribution < 1.29 is 20.8 Å². The average molecular weight is 619 g/mol. The summed E-state index contributed by atoms with van der Waals surface area (Å²) in [7, 11) is 11.0. The normalized spacial score (nSPS) is 10.1. The average Bonchev–Trinajstić information content (AvgIpc) is 3.49. The van der Waals surface area contributed by atoms with E-state index in [1.165, 1.54) is 93.5 Å². The molecule has 0 unspecified atom stereocenters. The van der Waals surface area contributed by atoms with Crippen molar-refractivity contribution in [3.63, 3.8) is 0 Å². The Morgan fingerprint density at radius 1 is 0.667 bits per heavy atom. The number of hydrogen-bond donors (Lipinski definition) is 0. The van der Waals surface area contributed by atoms with Crippen LogP contribution >= 0.6 is 17.0 Å². The Hall–Kier alpha value is -0.660. The molecule has 0 aliphatic carbocycles. The molecule has 0 bridgehead atoms. The van der Waals surface area contributed by atoms with E-state index in [1.807, 2.05) is 0 Å². The standard InChI is InChI=1S/2C15H19.C2H6Si.2ClH.Zr/c2*1-4-5-6-13-9-14-11(2)7-8-12(3)15(14)10-13;1-3-2;;;/h2*7-10H,4-6H2,1-3H3;1-2H3;2*1H;/q2*-1;;;;+4/p-2. The molecule has 0 atom stereocenters. The van der Waals surface area contributed by atoms with Crippen LogP contribution in [0.5, 0.6) is 0 Å². The van der Waals surface area contributed by atoms with Gasteiger partial charge in [0.2, 0.25) is 0 Å². The van der Waals surface area contributed by atoms with Crippen molar-refractivity contribution >= 4 is 48.1 Å². The fourth-order valence-corrected chi connectivity index (χ4v) is 4.35. The van der Waals surface area contributed by atoms with E-state index in [9.17, 15) is 0 Å². The summed E-state index contributed by atoms with van der Waals surface area (Å²) >= 11 is -0.826. The van der Waals surface area contributed by atoms with Gasteiger partial charge in [-0.05, 0) is 26.7 Å². The van der Waals surface area contributed by atoms with E-state index in [4.69, 9.17) is 17.0 Å². The van der Waals surface area contributed by atoms with Crippen LogP contribution in [0.4, 0.5) is 0 Å². The van der Waals surface area contributed by atoms with Crippen molar-refractivity contribution in [1.82, 2.24) is 0 Å². The summed E-state index contributed by atoms with van der Waals surface area (Å²) in [5, 5.41) is 5.78. The SMILES string of the molecule is CCCCc1cc2c(C)ccc(C)c2[cH-]1.CCCCc1cc2c(C)ccc(C)c2[cH-]1.C[Si]C.[Cl][Zr+2][Cl]. The number of halogens is 2. The Balaban J connectivity index is 0.000000296. The molecule has 4 heteroatoms. The predicted octanol–water partition coefficient (Wildman–Crippen LogP) is 11.2. The van der Waals surface area contributed by atoms with E-state index in [0.29, 0.717) is 0 Å². The van der Waals surface area contributed by atoms with E-state index in [0.717, 1.165) is 9.52 Å². The van der Waals surface area contributed by atoms with Crippen molar-refractivity contribution in [2.75, 3.05) is 0 Å². The zero-order valence-corrected chi connectivity index (χ0v) is 28.6. The summed E-state index contributed by atoms with van der Waals surface area (Å²) in [6.07, 6.45) is 7.61. The van der Waals surface area contributed by atoms with E-state index in [-0.39, 0.29) is 0 Å². The van der Waals surface area contributed by atoms with Crippen molar-refractivity contribution in [3.05, 3.63) is 81.9 Å². The number of hydrogen-bond acceptors (Lipinski definition) is 0. The van der Waals surface area contributed by atoms with Gasteiger partial charge in [-0.1, -0.05) is 89.7 Å². The third-order valence-electron chi connectivity index (χ3n) is 6.40. The monoisotopic (exact) mass is 616 g/mol. The summed E-state index contributed by atoms with van der Waals surface area (Å²) in [6, 6.07) is 18.4. The van der Waals surface area contributed by atoms with Gasteiger partial charge in [0.1, 0.15) is 0 Å². The molecular weight excluding hydrogens is 575 g/mol. The first-order valence-electron chi connectivity index (χ1n) is 13.1. The fourth-order valence-electron chi connectivity index (χ4n) is 4.35. The van der Waals surface area contributed by atoms with Crippen LogP contribution in [-0.4, -0.2) is 9.52 Å². The molecule has 0 aromatic heterocycles. The molecule has 0 aliphatic heterocycles. The van der Waals surface area contributed by atoms with Gasteiger partial charge in [-0.15, -0.1) is 68.1 Å². The summed E-state index contributed by atoms with van der Waals surface area (Å²) in [5.41, 5.74) is 8.61. The Bertz CT molecular complexity index is 986. The number of unbranched alkanes of at least 4 members (excludes halogenated alkanes) is 2. The van der Waals surface area contributed by atoms with Crippen molar-refractivity contribution in [2.45, 2.75) is 93.2 Å². The molecule has 4 rings (SSSR count). The molecule has 194 valence electrons. The molecule has 2 radical (unpaired) electrons. The Morgan fingerprint density at radius 2 is 0.972 bits per heavy atom. The summed E-state index contributed by atoms with van der Waals surface area (Å²) < 4.78 is 0. The molecule has 0 amide bonds. The summed E-state index contributed by atoms with van der Waals surface area (Å²) in [6.45, 7) is 17.6. The Morgan fingerprint density at radius 3 is 1.25 bits per heavy atom. The van der Waals surface area contributed by atoms with Crippen LogP contribution in [0.2, 0.25) is 13.1 Å². The van der Waals surface area contributed by atoms with Gasteiger partial charge in [0, 0.05) is 9.52 Å². The van der Waals surface area contributed by atoms with Gasteiger partial charge in [-0.3, -0.25) is 0 Å². The van der Waals surface area contributed by atoms with Crippen LogP contribution in [0, 0.1) is 27.7 Å². The van der Waals surface area contributed by atoms with Gasteiger partial charge in [0.05, 0.1) is 0 Å². The summed E-state index contributed by atoms with van der Waals surface area (Å²) in [5.74, 6) is 0. The molecular formula is C32H44Cl2SiZr. The van der Waals surface area contributed by atoms with Crippen LogP contribution in [0.15, 0.2) is 48.5 Å². The van der Waals surface area contributed by atoms with Crippen LogP contribution in [0.3, 0.4) is 0 Å². The fraction of sp³-hybridized carbons (Fsp3) is 0.438. The quantitative estimate of drug-likeness (QED) is 0.149. The second-order valence-corrected chi connectivity index (χ2v) is 14.3. The molecule has 0 saturated carbocycles. The first-order valence-corrected chi connectivity index (χ1v) is 21.5. The van der Waals surface area contributed by atoms with E-state index in [2.05, 4.69) is 103 Å². The summed E-state index contributed by atoms with van der Waals surface area (Å²) in [4.78, 5) is 0. The number of rotatable bonds is 6. The Labute approximate surface area is 242 Å². The van der Waals surface area contributed by atoms with Crippen LogP contribution in [-0.2, 0) is 33.7 Å². The minimum absolute atomic E-state index is 0.826. The maximum atomic E-state index is 4.93. The number of aryl methyl sites for hydroxylation is 6. The maximum absolute atomic E-state index is 4.93. The molecule has 0 fully saturated rings. The van der Waals surface area contributed by atoms with Gasteiger partial charge in [0.25, 0.3) is 0 Å². The van der Waals surface area contributed by atoms with Crippen molar-refractivity contribution in [2.24, 2.45) is 0 Å². The van der Waals surface area contributed by atoms with Crippen molar-refractivity contribution in [3.8, 4) is 0 Å². The molecule has 0 heterocycles. The predicted molar refractivity (Wildman–Crippen MR) is 164 cm³/mol. The Kier molecular flexibility index (Phi) is 17.2. The molecule has 4 aromatic carbocycles. The molecule has 0 saturated heterocycles. The van der Waals surface area contributed by atoms with Gasteiger partial charge in [-0.25, -0.2) is 0 Å². The molecule has 36 heavy (non-hydrogen) atoms. The van der Waals surface area contributed by atoms with Gasteiger partial charge in [-0.2, -0.15) is 12.1 Å².